The molecule has 3 aromatic rings. The summed E-state index contributed by atoms with van der Waals surface area (Å²) >= 11 is 0. The maximum Gasteiger partial charge on any atom is 0.316 e. The highest BCUT2D eigenvalue weighted by molar-refractivity contribution is 6.06. The minimum atomic E-state index is -0.726. The third-order valence-corrected chi connectivity index (χ3v) is 4.89. The number of aryl methyl sites for hydroxylation is 1. The van der Waals surface area contributed by atoms with Gasteiger partial charge in [-0.2, -0.15) is 0 Å². The maximum absolute atomic E-state index is 12.7. The Bertz CT molecular complexity index is 1240. The predicted octanol–water partition coefficient (Wildman–Crippen LogP) is 2.31. The molecule has 29 heavy (non-hydrogen) atoms. The van der Waals surface area contributed by atoms with E-state index < -0.39 is 11.1 Å². The monoisotopic (exact) mass is 392 g/mol. The van der Waals surface area contributed by atoms with Crippen LogP contribution in [0.1, 0.15) is 30.1 Å². The van der Waals surface area contributed by atoms with Gasteiger partial charge in [-0.25, -0.2) is 0 Å². The smallest absolute Gasteiger partial charge is 0.316 e. The number of nitrogens with one attached hydrogen (secondary N) is 3. The summed E-state index contributed by atoms with van der Waals surface area (Å²) in [5.74, 6) is -0.282. The third kappa shape index (κ3) is 3.82. The van der Waals surface area contributed by atoms with Gasteiger partial charge in [0.1, 0.15) is 0 Å². The molecule has 1 aromatic heterocycles. The number of benzene rings is 2. The van der Waals surface area contributed by atoms with Crippen LogP contribution in [0.2, 0.25) is 0 Å². The van der Waals surface area contributed by atoms with Crippen molar-refractivity contribution >= 4 is 34.2 Å². The molecule has 8 heteroatoms. The highest BCUT2D eigenvalue weighted by Gasteiger charge is 2.29. The van der Waals surface area contributed by atoms with Crippen molar-refractivity contribution in [2.24, 2.45) is 5.92 Å². The first-order chi connectivity index (χ1) is 14.0. The molecule has 148 valence electrons. The van der Waals surface area contributed by atoms with E-state index in [9.17, 15) is 19.2 Å². The molecule has 0 unspecified atom stereocenters. The lowest BCUT2D eigenvalue weighted by Crippen LogP contribution is -2.36. The Balaban J connectivity index is 1.57. The highest BCUT2D eigenvalue weighted by Crippen LogP contribution is 2.30. The summed E-state index contributed by atoms with van der Waals surface area (Å²) in [6.07, 6.45) is 1.83. The predicted molar refractivity (Wildman–Crippen MR) is 110 cm³/mol. The summed E-state index contributed by atoms with van der Waals surface area (Å²) in [5, 5.41) is 5.63. The summed E-state index contributed by atoms with van der Waals surface area (Å²) in [6.45, 7) is 2.13. The molecule has 2 amide bonds. The van der Waals surface area contributed by atoms with Crippen molar-refractivity contribution in [3.8, 4) is 0 Å². The van der Waals surface area contributed by atoms with Gasteiger partial charge in [0.15, 0.2) is 0 Å². The standard InChI is InChI=1S/C21H20N4O4/c1-2-25-17-9-8-13(10-16(17)24-20(28)21(25)29)19(27)23-15-5-3-4-14(11-15)22-18(26)12-6-7-12/h3-5,8-12H,2,6-7H2,1H3,(H,22,26)(H,23,27)(H,24,28). The van der Waals surface area contributed by atoms with Crippen LogP contribution >= 0.6 is 0 Å². The normalized spacial score (nSPS) is 13.3. The maximum atomic E-state index is 12.7. The number of carbonyl (C=O) groups excluding carboxylic acids is 2. The Kier molecular flexibility index (Phi) is 4.75. The molecular formula is C21H20N4O4. The Hall–Kier alpha value is -3.68. The van der Waals surface area contributed by atoms with Crippen molar-refractivity contribution in [1.82, 2.24) is 9.55 Å². The molecule has 0 spiro atoms. The first-order valence-electron chi connectivity index (χ1n) is 9.45. The molecule has 2 aromatic carbocycles. The number of nitrogens with zero attached hydrogens (tertiary/aromatic N) is 1. The largest absolute Gasteiger partial charge is 0.326 e. The van der Waals surface area contributed by atoms with E-state index in [-0.39, 0.29) is 17.7 Å². The van der Waals surface area contributed by atoms with Crippen LogP contribution < -0.4 is 21.8 Å². The Morgan fingerprint density at radius 1 is 1.07 bits per heavy atom. The van der Waals surface area contributed by atoms with E-state index in [1.807, 2.05) is 0 Å². The van der Waals surface area contributed by atoms with Crippen molar-refractivity contribution in [1.29, 1.82) is 0 Å². The zero-order valence-electron chi connectivity index (χ0n) is 15.8. The molecule has 0 radical (unpaired) electrons. The summed E-state index contributed by atoms with van der Waals surface area (Å²) in [4.78, 5) is 50.9. The molecule has 0 saturated heterocycles. The zero-order chi connectivity index (χ0) is 20.5. The highest BCUT2D eigenvalue weighted by atomic mass is 16.2. The fourth-order valence-electron chi connectivity index (χ4n) is 3.20. The lowest BCUT2D eigenvalue weighted by atomic mass is 10.1. The van der Waals surface area contributed by atoms with E-state index in [1.54, 1.807) is 43.3 Å². The van der Waals surface area contributed by atoms with Crippen molar-refractivity contribution in [2.45, 2.75) is 26.3 Å². The molecule has 1 aliphatic carbocycles. The van der Waals surface area contributed by atoms with Gasteiger partial charge < -0.3 is 20.2 Å². The Labute approximate surface area is 165 Å². The van der Waals surface area contributed by atoms with Crippen molar-refractivity contribution in [3.63, 3.8) is 0 Å². The van der Waals surface area contributed by atoms with E-state index in [0.717, 1.165) is 12.8 Å². The summed E-state index contributed by atoms with van der Waals surface area (Å²) < 4.78 is 1.36. The second-order valence-electron chi connectivity index (χ2n) is 7.03. The van der Waals surface area contributed by atoms with Gasteiger partial charge in [0.25, 0.3) is 5.91 Å². The number of anilines is 2. The second-order valence-corrected chi connectivity index (χ2v) is 7.03. The first-order valence-corrected chi connectivity index (χ1v) is 9.45. The number of hydrogen-bond acceptors (Lipinski definition) is 4. The third-order valence-electron chi connectivity index (χ3n) is 4.89. The van der Waals surface area contributed by atoms with E-state index in [2.05, 4.69) is 15.6 Å². The van der Waals surface area contributed by atoms with Gasteiger partial charge in [-0.1, -0.05) is 6.07 Å². The molecule has 0 aliphatic heterocycles. The average molecular weight is 392 g/mol. The van der Waals surface area contributed by atoms with E-state index >= 15 is 0 Å². The van der Waals surface area contributed by atoms with E-state index in [4.69, 9.17) is 0 Å². The van der Waals surface area contributed by atoms with Crippen molar-refractivity contribution < 1.29 is 9.59 Å². The van der Waals surface area contributed by atoms with Crippen LogP contribution in [0.5, 0.6) is 0 Å². The lowest BCUT2D eigenvalue weighted by Gasteiger charge is -2.10. The minimum absolute atomic E-state index is 0.00562. The zero-order valence-corrected chi connectivity index (χ0v) is 15.8. The van der Waals surface area contributed by atoms with E-state index in [0.29, 0.717) is 34.5 Å². The van der Waals surface area contributed by atoms with Gasteiger partial charge in [0, 0.05) is 29.4 Å². The summed E-state index contributed by atoms with van der Waals surface area (Å²) in [6, 6.07) is 11.7. The second kappa shape index (κ2) is 7.38. The molecule has 8 nitrogen and oxygen atoms in total. The van der Waals surface area contributed by atoms with Gasteiger partial charge in [-0.3, -0.25) is 19.2 Å². The van der Waals surface area contributed by atoms with Crippen molar-refractivity contribution in [3.05, 3.63) is 68.7 Å². The number of rotatable bonds is 5. The molecule has 1 fully saturated rings. The Morgan fingerprint density at radius 2 is 1.79 bits per heavy atom. The summed E-state index contributed by atoms with van der Waals surface area (Å²) in [5.41, 5.74) is 1.11. The SMILES string of the molecule is CCn1c(=O)c(=O)[nH]c2cc(C(=O)Nc3cccc(NC(=O)C4CC4)c3)ccc21. The minimum Gasteiger partial charge on any atom is -0.326 e. The number of H-pyrrole nitrogens is 1. The number of aromatic amines is 1. The molecule has 4 rings (SSSR count). The van der Waals surface area contributed by atoms with Crippen LogP contribution in [-0.2, 0) is 11.3 Å². The number of amides is 2. The first kappa shape index (κ1) is 18.7. The van der Waals surface area contributed by atoms with Gasteiger partial charge in [-0.15, -0.1) is 0 Å². The van der Waals surface area contributed by atoms with Crippen LogP contribution in [0, 0.1) is 5.92 Å². The molecule has 0 atom stereocenters. The van der Waals surface area contributed by atoms with Gasteiger partial charge in [0.2, 0.25) is 5.91 Å². The molecule has 1 saturated carbocycles. The lowest BCUT2D eigenvalue weighted by molar-refractivity contribution is -0.117. The molecule has 1 heterocycles. The van der Waals surface area contributed by atoms with Crippen LogP contribution in [-0.4, -0.2) is 21.4 Å². The van der Waals surface area contributed by atoms with Crippen LogP contribution in [0.15, 0.2) is 52.1 Å². The number of carbonyl (C=O) groups is 2. The number of fused-ring (bicyclic) bond motifs is 1. The average Bonchev–Trinajstić information content (AvgIpc) is 3.54. The van der Waals surface area contributed by atoms with Crippen LogP contribution in [0.25, 0.3) is 11.0 Å². The van der Waals surface area contributed by atoms with E-state index in [1.165, 1.54) is 10.6 Å². The molecule has 0 bridgehead atoms. The van der Waals surface area contributed by atoms with Crippen molar-refractivity contribution in [2.75, 3.05) is 10.6 Å². The number of aromatic nitrogens is 2. The molecular weight excluding hydrogens is 372 g/mol. The molecule has 3 N–H and O–H groups in total. The number of hydrogen-bond donors (Lipinski definition) is 3. The summed E-state index contributed by atoms with van der Waals surface area (Å²) in [7, 11) is 0. The molecule has 1 aliphatic rings. The van der Waals surface area contributed by atoms with Gasteiger partial charge >= 0.3 is 11.1 Å². The van der Waals surface area contributed by atoms with Crippen LogP contribution in [0.3, 0.4) is 0 Å². The Morgan fingerprint density at radius 3 is 2.48 bits per heavy atom. The fraction of sp³-hybridized carbons (Fsp3) is 0.238. The van der Waals surface area contributed by atoms with Gasteiger partial charge in [-0.05, 0) is 56.2 Å². The fourth-order valence-corrected chi connectivity index (χ4v) is 3.20. The van der Waals surface area contributed by atoms with Crippen LogP contribution in [0.4, 0.5) is 11.4 Å². The topological polar surface area (TPSA) is 113 Å². The van der Waals surface area contributed by atoms with Gasteiger partial charge in [0.05, 0.1) is 11.0 Å². The quantitative estimate of drug-likeness (QED) is 0.578.